The summed E-state index contributed by atoms with van der Waals surface area (Å²) in [6.07, 6.45) is 1.75. The minimum absolute atomic E-state index is 0.0290. The number of hydrogen-bond acceptors (Lipinski definition) is 4. The molecule has 108 valence electrons. The van der Waals surface area contributed by atoms with Crippen LogP contribution in [0.1, 0.15) is 17.8 Å². The number of hydrogen-bond donors (Lipinski definition) is 1. The zero-order valence-electron chi connectivity index (χ0n) is 11.8. The lowest BCUT2D eigenvalue weighted by molar-refractivity contribution is 0.499. The molecule has 0 amide bonds. The molecule has 0 saturated heterocycles. The number of aromatic nitrogens is 2. The Bertz CT molecular complexity index is 780. The summed E-state index contributed by atoms with van der Waals surface area (Å²) in [5, 5.41) is 11.3. The first-order valence-electron chi connectivity index (χ1n) is 6.97. The molecule has 0 bridgehead atoms. The van der Waals surface area contributed by atoms with Gasteiger partial charge in [-0.15, -0.1) is 11.3 Å². The molecule has 0 radical (unpaired) electrons. The van der Waals surface area contributed by atoms with E-state index in [4.69, 9.17) is 0 Å². The fraction of sp³-hybridized carbons (Fsp3) is 0.250. The molecule has 0 saturated carbocycles. The van der Waals surface area contributed by atoms with Crippen LogP contribution in [0, 0.1) is 0 Å². The summed E-state index contributed by atoms with van der Waals surface area (Å²) in [4.78, 5) is 13.6. The molecule has 1 atom stereocenters. The van der Waals surface area contributed by atoms with E-state index in [1.54, 1.807) is 17.5 Å². The number of benzene rings is 1. The van der Waals surface area contributed by atoms with Gasteiger partial charge in [-0.05, 0) is 24.4 Å². The van der Waals surface area contributed by atoms with Crippen LogP contribution in [0.4, 0.5) is 0 Å². The zero-order chi connectivity index (χ0) is 14.7. The fourth-order valence-corrected chi connectivity index (χ4v) is 3.07. The standard InChI is InChI=1S/C16H17N3OS/c1-12(15-7-4-10-21-15)17-8-9-19-16(20)14-6-3-2-5-13(14)11-18-19/h2-7,10-12,17H,8-9H2,1H3. The van der Waals surface area contributed by atoms with E-state index >= 15 is 0 Å². The molecule has 21 heavy (non-hydrogen) atoms. The van der Waals surface area contributed by atoms with Crippen molar-refractivity contribution in [2.75, 3.05) is 6.54 Å². The highest BCUT2D eigenvalue weighted by molar-refractivity contribution is 7.10. The third-order valence-corrected chi connectivity index (χ3v) is 4.56. The van der Waals surface area contributed by atoms with Gasteiger partial charge < -0.3 is 5.32 Å². The topological polar surface area (TPSA) is 46.9 Å². The van der Waals surface area contributed by atoms with Gasteiger partial charge in [0.05, 0.1) is 18.1 Å². The van der Waals surface area contributed by atoms with Gasteiger partial charge >= 0.3 is 0 Å². The Balaban J connectivity index is 1.68. The molecule has 4 nitrogen and oxygen atoms in total. The Morgan fingerprint density at radius 2 is 2.14 bits per heavy atom. The molecule has 1 unspecified atom stereocenters. The molecule has 2 heterocycles. The summed E-state index contributed by atoms with van der Waals surface area (Å²) in [5.41, 5.74) is -0.0290. The van der Waals surface area contributed by atoms with Gasteiger partial charge in [0.1, 0.15) is 0 Å². The van der Waals surface area contributed by atoms with Crippen molar-refractivity contribution in [1.29, 1.82) is 0 Å². The summed E-state index contributed by atoms with van der Waals surface area (Å²) in [6, 6.07) is 12.0. The van der Waals surface area contributed by atoms with E-state index in [0.717, 1.165) is 10.8 Å². The van der Waals surface area contributed by atoms with Crippen molar-refractivity contribution in [2.45, 2.75) is 19.5 Å². The second kappa shape index (κ2) is 6.20. The van der Waals surface area contributed by atoms with E-state index in [-0.39, 0.29) is 5.56 Å². The number of fused-ring (bicyclic) bond motifs is 1. The van der Waals surface area contributed by atoms with Crippen molar-refractivity contribution in [3.8, 4) is 0 Å². The van der Waals surface area contributed by atoms with Crippen molar-refractivity contribution in [2.24, 2.45) is 0 Å². The Labute approximate surface area is 127 Å². The summed E-state index contributed by atoms with van der Waals surface area (Å²) >= 11 is 1.74. The largest absolute Gasteiger partial charge is 0.308 e. The van der Waals surface area contributed by atoms with Crippen LogP contribution in [0.3, 0.4) is 0 Å². The van der Waals surface area contributed by atoms with E-state index < -0.39 is 0 Å². The third kappa shape index (κ3) is 3.04. The van der Waals surface area contributed by atoms with Gasteiger partial charge in [0.15, 0.2) is 0 Å². The molecule has 1 aromatic carbocycles. The van der Waals surface area contributed by atoms with Crippen LogP contribution < -0.4 is 10.9 Å². The first kappa shape index (κ1) is 14.0. The lowest BCUT2D eigenvalue weighted by Gasteiger charge is -2.12. The minimum atomic E-state index is -0.0290. The maximum Gasteiger partial charge on any atom is 0.274 e. The molecule has 5 heteroatoms. The lowest BCUT2D eigenvalue weighted by atomic mass is 10.2. The van der Waals surface area contributed by atoms with Gasteiger partial charge in [0, 0.05) is 22.8 Å². The average Bonchev–Trinajstić information content (AvgIpc) is 3.04. The summed E-state index contributed by atoms with van der Waals surface area (Å²) < 4.78 is 1.52. The number of nitrogens with zero attached hydrogens (tertiary/aromatic N) is 2. The van der Waals surface area contributed by atoms with Gasteiger partial charge in [-0.3, -0.25) is 4.79 Å². The van der Waals surface area contributed by atoms with E-state index in [9.17, 15) is 4.79 Å². The maximum atomic E-state index is 12.3. The molecule has 0 aliphatic heterocycles. The first-order chi connectivity index (χ1) is 10.3. The number of rotatable bonds is 5. The van der Waals surface area contributed by atoms with Gasteiger partial charge in [0.2, 0.25) is 0 Å². The molecular formula is C16H17N3OS. The fourth-order valence-electron chi connectivity index (χ4n) is 2.31. The smallest absolute Gasteiger partial charge is 0.274 e. The Morgan fingerprint density at radius 3 is 2.95 bits per heavy atom. The average molecular weight is 299 g/mol. The molecule has 0 aliphatic rings. The van der Waals surface area contributed by atoms with Crippen LogP contribution in [0.25, 0.3) is 10.8 Å². The number of thiophene rings is 1. The molecule has 0 aliphatic carbocycles. The van der Waals surface area contributed by atoms with Crippen LogP contribution in [0.5, 0.6) is 0 Å². The molecule has 2 aromatic heterocycles. The van der Waals surface area contributed by atoms with Crippen molar-refractivity contribution >= 4 is 22.1 Å². The van der Waals surface area contributed by atoms with Gasteiger partial charge in [-0.1, -0.05) is 24.3 Å². The Morgan fingerprint density at radius 1 is 1.29 bits per heavy atom. The van der Waals surface area contributed by atoms with Crippen molar-refractivity contribution in [3.63, 3.8) is 0 Å². The third-order valence-electron chi connectivity index (χ3n) is 3.51. The Hall–Kier alpha value is -1.98. The first-order valence-corrected chi connectivity index (χ1v) is 7.85. The molecule has 3 rings (SSSR count). The SMILES string of the molecule is CC(NCCn1ncc2ccccc2c1=O)c1cccs1. The monoisotopic (exact) mass is 299 g/mol. The van der Waals surface area contributed by atoms with Crippen LogP contribution in [-0.4, -0.2) is 16.3 Å². The quantitative estimate of drug-likeness (QED) is 0.788. The highest BCUT2D eigenvalue weighted by Gasteiger charge is 2.06. The molecule has 1 N–H and O–H groups in total. The van der Waals surface area contributed by atoms with Crippen LogP contribution >= 0.6 is 11.3 Å². The van der Waals surface area contributed by atoms with Crippen molar-refractivity contribution in [3.05, 3.63) is 63.2 Å². The van der Waals surface area contributed by atoms with E-state index in [1.165, 1.54) is 9.56 Å². The second-order valence-electron chi connectivity index (χ2n) is 4.95. The normalized spacial score (nSPS) is 12.6. The zero-order valence-corrected chi connectivity index (χ0v) is 12.6. The minimum Gasteiger partial charge on any atom is -0.308 e. The van der Waals surface area contributed by atoms with Crippen molar-refractivity contribution < 1.29 is 0 Å². The highest BCUT2D eigenvalue weighted by Crippen LogP contribution is 2.17. The summed E-state index contributed by atoms with van der Waals surface area (Å²) in [7, 11) is 0. The predicted molar refractivity (Wildman–Crippen MR) is 86.7 cm³/mol. The maximum absolute atomic E-state index is 12.3. The van der Waals surface area contributed by atoms with Gasteiger partial charge in [-0.2, -0.15) is 5.10 Å². The second-order valence-corrected chi connectivity index (χ2v) is 5.93. The Kier molecular flexibility index (Phi) is 4.13. The van der Waals surface area contributed by atoms with Gasteiger partial charge in [0.25, 0.3) is 5.56 Å². The predicted octanol–water partition coefficient (Wildman–Crippen LogP) is 2.81. The van der Waals surface area contributed by atoms with E-state index in [2.05, 4.69) is 28.8 Å². The van der Waals surface area contributed by atoms with E-state index in [1.807, 2.05) is 30.3 Å². The van der Waals surface area contributed by atoms with Crippen LogP contribution in [-0.2, 0) is 6.54 Å². The molecule has 0 spiro atoms. The molecule has 3 aromatic rings. The summed E-state index contributed by atoms with van der Waals surface area (Å²) in [5.74, 6) is 0. The molecule has 0 fully saturated rings. The van der Waals surface area contributed by atoms with E-state index in [0.29, 0.717) is 19.1 Å². The number of nitrogens with one attached hydrogen (secondary N) is 1. The van der Waals surface area contributed by atoms with Crippen molar-refractivity contribution in [1.82, 2.24) is 15.1 Å². The lowest BCUT2D eigenvalue weighted by Crippen LogP contribution is -2.29. The van der Waals surface area contributed by atoms with Crippen LogP contribution in [0.15, 0.2) is 52.8 Å². The van der Waals surface area contributed by atoms with Crippen LogP contribution in [0.2, 0.25) is 0 Å². The van der Waals surface area contributed by atoms with Gasteiger partial charge in [-0.25, -0.2) is 4.68 Å². The summed E-state index contributed by atoms with van der Waals surface area (Å²) in [6.45, 7) is 3.41. The highest BCUT2D eigenvalue weighted by atomic mass is 32.1. The molecular weight excluding hydrogens is 282 g/mol.